The van der Waals surface area contributed by atoms with E-state index in [1.807, 2.05) is 6.26 Å². The number of nitrogens with one attached hydrogen (secondary N) is 3. The molecule has 13 nitrogen and oxygen atoms in total. The number of carboxylic acids is 1. The standard InChI is InChI=1S/C17H33N7O6S/c1-9(25)13(18)16(30)24-10(4-3-6-21-17(19)20)15(29)23-11(5-7-31-2)14(28)22-8-12(26)27/h9-11,13,25H,3-8,18H2,1-2H3,(H,22,28)(H,23,29)(H,24,30)(H,26,27)(H4,19,20,21). The van der Waals surface area contributed by atoms with Gasteiger partial charge in [-0.05, 0) is 38.2 Å². The van der Waals surface area contributed by atoms with Crippen LogP contribution in [-0.4, -0.2) is 89.2 Å². The molecule has 0 saturated heterocycles. The van der Waals surface area contributed by atoms with Crippen molar-refractivity contribution < 1.29 is 29.4 Å². The number of carboxylic acid groups (broad SMARTS) is 1. The normalized spacial score (nSPS) is 14.5. The van der Waals surface area contributed by atoms with E-state index in [0.29, 0.717) is 12.2 Å². The maximum absolute atomic E-state index is 12.8. The summed E-state index contributed by atoms with van der Waals surface area (Å²) in [6, 6.07) is -3.32. The monoisotopic (exact) mass is 463 g/mol. The summed E-state index contributed by atoms with van der Waals surface area (Å²) in [6.07, 6.45) is 1.40. The number of carbonyl (C=O) groups excluding carboxylic acids is 3. The van der Waals surface area contributed by atoms with Gasteiger partial charge in [-0.3, -0.25) is 24.2 Å². The molecule has 178 valence electrons. The molecule has 4 unspecified atom stereocenters. The summed E-state index contributed by atoms with van der Waals surface area (Å²) in [5.41, 5.74) is 16.1. The van der Waals surface area contributed by atoms with Crippen molar-refractivity contribution in [2.75, 3.05) is 25.1 Å². The highest BCUT2D eigenvalue weighted by Crippen LogP contribution is 2.05. The Hall–Kier alpha value is -2.58. The Labute approximate surface area is 185 Å². The summed E-state index contributed by atoms with van der Waals surface area (Å²) < 4.78 is 0. The summed E-state index contributed by atoms with van der Waals surface area (Å²) in [4.78, 5) is 51.8. The zero-order valence-corrected chi connectivity index (χ0v) is 18.5. The molecule has 0 aliphatic heterocycles. The van der Waals surface area contributed by atoms with E-state index in [4.69, 9.17) is 22.3 Å². The van der Waals surface area contributed by atoms with Crippen molar-refractivity contribution in [3.63, 3.8) is 0 Å². The van der Waals surface area contributed by atoms with Gasteiger partial charge in [0.2, 0.25) is 17.7 Å². The molecule has 0 aromatic carbocycles. The lowest BCUT2D eigenvalue weighted by atomic mass is 10.1. The van der Waals surface area contributed by atoms with Crippen molar-refractivity contribution in [3.05, 3.63) is 0 Å². The number of aliphatic hydroxyl groups is 1. The molecule has 11 N–H and O–H groups in total. The van der Waals surface area contributed by atoms with Crippen LogP contribution in [-0.2, 0) is 19.2 Å². The van der Waals surface area contributed by atoms with Crippen molar-refractivity contribution in [2.24, 2.45) is 22.2 Å². The second kappa shape index (κ2) is 15.3. The van der Waals surface area contributed by atoms with Crippen LogP contribution in [0.25, 0.3) is 0 Å². The van der Waals surface area contributed by atoms with E-state index in [1.165, 1.54) is 18.7 Å². The van der Waals surface area contributed by atoms with Crippen LogP contribution in [0.2, 0.25) is 0 Å². The van der Waals surface area contributed by atoms with Crippen LogP contribution in [0.3, 0.4) is 0 Å². The second-order valence-electron chi connectivity index (χ2n) is 6.73. The van der Waals surface area contributed by atoms with E-state index < -0.39 is 54.5 Å². The Bertz CT molecular complexity index is 642. The molecule has 0 rings (SSSR count). The number of nitrogens with two attached hydrogens (primary N) is 3. The Morgan fingerprint density at radius 2 is 1.61 bits per heavy atom. The lowest BCUT2D eigenvalue weighted by Gasteiger charge is -2.24. The molecule has 0 aromatic rings. The number of amides is 3. The fraction of sp³-hybridized carbons (Fsp3) is 0.706. The Balaban J connectivity index is 5.29. The van der Waals surface area contributed by atoms with Crippen LogP contribution in [0, 0.1) is 0 Å². The molecule has 0 spiro atoms. The Morgan fingerprint density at radius 3 is 2.13 bits per heavy atom. The molecule has 3 amide bonds. The van der Waals surface area contributed by atoms with Crippen LogP contribution in [0.5, 0.6) is 0 Å². The van der Waals surface area contributed by atoms with Crippen molar-refractivity contribution in [3.8, 4) is 0 Å². The molecule has 0 aromatic heterocycles. The first-order valence-electron chi connectivity index (χ1n) is 9.57. The maximum Gasteiger partial charge on any atom is 0.322 e. The topological polar surface area (TPSA) is 235 Å². The maximum atomic E-state index is 12.8. The number of aliphatic carboxylic acids is 1. The summed E-state index contributed by atoms with van der Waals surface area (Å²) in [5, 5.41) is 25.5. The van der Waals surface area contributed by atoms with Crippen LogP contribution in [0.1, 0.15) is 26.2 Å². The lowest BCUT2D eigenvalue weighted by molar-refractivity contribution is -0.138. The number of nitrogens with zero attached hydrogens (tertiary/aromatic N) is 1. The van der Waals surface area contributed by atoms with Crippen molar-refractivity contribution >= 4 is 41.4 Å². The fourth-order valence-corrected chi connectivity index (χ4v) is 2.79. The van der Waals surface area contributed by atoms with E-state index in [2.05, 4.69) is 20.9 Å². The van der Waals surface area contributed by atoms with Crippen LogP contribution >= 0.6 is 11.8 Å². The van der Waals surface area contributed by atoms with Gasteiger partial charge in [0.1, 0.15) is 24.7 Å². The van der Waals surface area contributed by atoms with E-state index in [-0.39, 0.29) is 25.3 Å². The fourth-order valence-electron chi connectivity index (χ4n) is 2.32. The second-order valence-corrected chi connectivity index (χ2v) is 7.72. The zero-order chi connectivity index (χ0) is 24.0. The van der Waals surface area contributed by atoms with Crippen LogP contribution in [0.4, 0.5) is 0 Å². The molecule has 31 heavy (non-hydrogen) atoms. The predicted molar refractivity (Wildman–Crippen MR) is 117 cm³/mol. The van der Waals surface area contributed by atoms with Gasteiger partial charge in [-0.1, -0.05) is 0 Å². The quantitative estimate of drug-likeness (QED) is 0.0683. The number of rotatable bonds is 15. The first-order valence-corrected chi connectivity index (χ1v) is 11.0. The van der Waals surface area contributed by atoms with Crippen molar-refractivity contribution in [1.29, 1.82) is 0 Å². The molecule has 0 fully saturated rings. The predicted octanol–water partition coefficient (Wildman–Crippen LogP) is -3.33. The van der Waals surface area contributed by atoms with Gasteiger partial charge in [0, 0.05) is 6.54 Å². The van der Waals surface area contributed by atoms with Gasteiger partial charge in [-0.15, -0.1) is 0 Å². The smallest absolute Gasteiger partial charge is 0.322 e. The average molecular weight is 464 g/mol. The molecule has 0 radical (unpaired) electrons. The average Bonchev–Trinajstić information content (AvgIpc) is 2.69. The van der Waals surface area contributed by atoms with Crippen molar-refractivity contribution in [2.45, 2.75) is 50.4 Å². The third-order valence-corrected chi connectivity index (χ3v) is 4.70. The highest BCUT2D eigenvalue weighted by molar-refractivity contribution is 7.98. The van der Waals surface area contributed by atoms with E-state index in [1.54, 1.807) is 0 Å². The van der Waals surface area contributed by atoms with Gasteiger partial charge in [-0.25, -0.2) is 0 Å². The third kappa shape index (κ3) is 12.7. The number of guanidine groups is 1. The van der Waals surface area contributed by atoms with E-state index in [9.17, 15) is 24.3 Å². The Kier molecular flexibility index (Phi) is 14.0. The number of aliphatic imine (C=N–C) groups is 1. The summed E-state index contributed by atoms with van der Waals surface area (Å²) >= 11 is 1.44. The van der Waals surface area contributed by atoms with Gasteiger partial charge < -0.3 is 43.4 Å². The van der Waals surface area contributed by atoms with Gasteiger partial charge >= 0.3 is 5.97 Å². The molecular formula is C17H33N7O6S. The zero-order valence-electron chi connectivity index (χ0n) is 17.7. The first kappa shape index (κ1) is 28.4. The minimum atomic E-state index is -1.25. The highest BCUT2D eigenvalue weighted by Gasteiger charge is 2.29. The van der Waals surface area contributed by atoms with Gasteiger partial charge in [0.05, 0.1) is 6.10 Å². The van der Waals surface area contributed by atoms with E-state index >= 15 is 0 Å². The summed E-state index contributed by atoms with van der Waals surface area (Å²) in [6.45, 7) is 0.954. The van der Waals surface area contributed by atoms with Crippen LogP contribution in [0.15, 0.2) is 4.99 Å². The van der Waals surface area contributed by atoms with Crippen molar-refractivity contribution in [1.82, 2.24) is 16.0 Å². The van der Waals surface area contributed by atoms with Gasteiger partial charge in [0.25, 0.3) is 0 Å². The number of hydrogen-bond acceptors (Lipinski definition) is 8. The third-order valence-electron chi connectivity index (χ3n) is 4.06. The largest absolute Gasteiger partial charge is 0.480 e. The molecular weight excluding hydrogens is 430 g/mol. The number of hydrogen-bond donors (Lipinski definition) is 8. The molecule has 0 bridgehead atoms. The molecule has 0 aliphatic rings. The molecule has 4 atom stereocenters. The van der Waals surface area contributed by atoms with Gasteiger partial charge in [-0.2, -0.15) is 11.8 Å². The lowest BCUT2D eigenvalue weighted by Crippen LogP contribution is -2.57. The first-order chi connectivity index (χ1) is 14.5. The number of thioether (sulfide) groups is 1. The number of aliphatic hydroxyl groups excluding tert-OH is 1. The van der Waals surface area contributed by atoms with Gasteiger partial charge in [0.15, 0.2) is 5.96 Å². The molecule has 0 saturated carbocycles. The minimum Gasteiger partial charge on any atom is -0.480 e. The number of carbonyl (C=O) groups is 4. The van der Waals surface area contributed by atoms with Crippen LogP contribution < -0.4 is 33.2 Å². The highest BCUT2D eigenvalue weighted by atomic mass is 32.2. The molecule has 0 heterocycles. The molecule has 0 aliphatic carbocycles. The van der Waals surface area contributed by atoms with E-state index in [0.717, 1.165) is 0 Å². The SMILES string of the molecule is CSCCC(NC(=O)C(CCCN=C(N)N)NC(=O)C(N)C(C)O)C(=O)NCC(=O)O. The minimum absolute atomic E-state index is 0.117. The summed E-state index contributed by atoms with van der Waals surface area (Å²) in [7, 11) is 0. The summed E-state index contributed by atoms with van der Waals surface area (Å²) in [5.74, 6) is -2.87. The molecule has 14 heteroatoms. The Morgan fingerprint density at radius 1 is 1.03 bits per heavy atom.